The molecule has 1 fully saturated rings. The fourth-order valence-electron chi connectivity index (χ4n) is 3.08. The Kier molecular flexibility index (Phi) is 5.65. The molecule has 28 heavy (non-hydrogen) atoms. The molecule has 1 N–H and O–H groups in total. The number of benzene rings is 2. The number of nitrogens with one attached hydrogen (secondary N) is 1. The van der Waals surface area contributed by atoms with E-state index in [4.69, 9.17) is 0 Å². The van der Waals surface area contributed by atoms with Crippen LogP contribution in [0.1, 0.15) is 22.3 Å². The van der Waals surface area contributed by atoms with Gasteiger partial charge in [0.1, 0.15) is 12.4 Å². The number of carbonyl (C=O) groups excluding carboxylic acids is 3. The summed E-state index contributed by atoms with van der Waals surface area (Å²) in [6.07, 6.45) is 1.68. The van der Waals surface area contributed by atoms with Crippen LogP contribution in [0.25, 0.3) is 6.08 Å². The van der Waals surface area contributed by atoms with Gasteiger partial charge in [0, 0.05) is 0 Å². The van der Waals surface area contributed by atoms with Gasteiger partial charge in [-0.15, -0.1) is 0 Å². The van der Waals surface area contributed by atoms with Crippen molar-refractivity contribution in [1.82, 2.24) is 4.90 Å². The van der Waals surface area contributed by atoms with Gasteiger partial charge < -0.3 is 5.32 Å². The van der Waals surface area contributed by atoms with Gasteiger partial charge in [-0.05, 0) is 67.4 Å². The highest BCUT2D eigenvalue weighted by Gasteiger charge is 2.36. The van der Waals surface area contributed by atoms with Gasteiger partial charge in [-0.2, -0.15) is 0 Å². The van der Waals surface area contributed by atoms with E-state index in [0.717, 1.165) is 38.9 Å². The van der Waals surface area contributed by atoms with Crippen LogP contribution in [-0.4, -0.2) is 28.5 Å². The van der Waals surface area contributed by atoms with Gasteiger partial charge in [0.2, 0.25) is 5.91 Å². The molecule has 0 saturated carbocycles. The summed E-state index contributed by atoms with van der Waals surface area (Å²) in [5.74, 6) is -1.76. The average molecular weight is 398 g/mol. The molecule has 1 saturated heterocycles. The van der Waals surface area contributed by atoms with Crippen molar-refractivity contribution in [2.75, 3.05) is 11.9 Å². The lowest BCUT2D eigenvalue weighted by Gasteiger charge is -2.13. The number of rotatable bonds is 4. The van der Waals surface area contributed by atoms with Crippen LogP contribution in [-0.2, 0) is 9.59 Å². The molecule has 1 aliphatic heterocycles. The second kappa shape index (κ2) is 7.98. The largest absolute Gasteiger partial charge is 0.322 e. The molecule has 0 aromatic heterocycles. The van der Waals surface area contributed by atoms with Crippen LogP contribution in [0.5, 0.6) is 0 Å². The first-order valence-electron chi connectivity index (χ1n) is 8.64. The van der Waals surface area contributed by atoms with Crippen molar-refractivity contribution in [2.45, 2.75) is 20.8 Å². The van der Waals surface area contributed by atoms with Crippen LogP contribution in [0.2, 0.25) is 0 Å². The van der Waals surface area contributed by atoms with Gasteiger partial charge in [-0.25, -0.2) is 4.39 Å². The van der Waals surface area contributed by atoms with E-state index in [-0.39, 0.29) is 10.6 Å². The van der Waals surface area contributed by atoms with E-state index in [0.29, 0.717) is 0 Å². The Hall–Kier alpha value is -2.93. The number of aryl methyl sites for hydroxylation is 3. The van der Waals surface area contributed by atoms with E-state index in [1.165, 1.54) is 18.2 Å². The Balaban J connectivity index is 1.77. The third kappa shape index (κ3) is 4.14. The van der Waals surface area contributed by atoms with Gasteiger partial charge in [0.05, 0.1) is 10.6 Å². The van der Waals surface area contributed by atoms with Gasteiger partial charge in [0.15, 0.2) is 0 Å². The summed E-state index contributed by atoms with van der Waals surface area (Å²) in [4.78, 5) is 38.2. The average Bonchev–Trinajstić information content (AvgIpc) is 2.87. The molecule has 2 aromatic rings. The van der Waals surface area contributed by atoms with Gasteiger partial charge in [-0.3, -0.25) is 19.3 Å². The molecule has 144 valence electrons. The van der Waals surface area contributed by atoms with Gasteiger partial charge in [-0.1, -0.05) is 29.8 Å². The van der Waals surface area contributed by atoms with E-state index in [9.17, 15) is 18.8 Å². The molecular weight excluding hydrogens is 379 g/mol. The number of halogens is 1. The fraction of sp³-hybridized carbons (Fsp3) is 0.190. The second-order valence-corrected chi connectivity index (χ2v) is 7.60. The third-order valence-corrected chi connectivity index (χ3v) is 5.24. The normalized spacial score (nSPS) is 15.4. The topological polar surface area (TPSA) is 66.5 Å². The van der Waals surface area contributed by atoms with E-state index in [1.807, 2.05) is 32.9 Å². The highest BCUT2D eigenvalue weighted by atomic mass is 32.2. The molecule has 0 atom stereocenters. The number of nitrogens with zero attached hydrogens (tertiary/aromatic N) is 1. The Morgan fingerprint density at radius 1 is 1.14 bits per heavy atom. The van der Waals surface area contributed by atoms with Crippen LogP contribution in [0.4, 0.5) is 14.9 Å². The summed E-state index contributed by atoms with van der Waals surface area (Å²) in [6.45, 7) is 5.41. The van der Waals surface area contributed by atoms with Gasteiger partial charge >= 0.3 is 0 Å². The zero-order valence-electron chi connectivity index (χ0n) is 15.7. The number of para-hydroxylation sites is 1. The Labute approximate surface area is 166 Å². The quantitative estimate of drug-likeness (QED) is 0.774. The van der Waals surface area contributed by atoms with Crippen molar-refractivity contribution in [3.63, 3.8) is 0 Å². The van der Waals surface area contributed by atoms with Crippen molar-refractivity contribution in [3.8, 4) is 0 Å². The minimum atomic E-state index is -0.642. The number of thioether (sulfide) groups is 1. The first kappa shape index (κ1) is 19.8. The maximum atomic E-state index is 13.6. The Bertz CT molecular complexity index is 993. The molecule has 1 aliphatic rings. The molecule has 5 nitrogen and oxygen atoms in total. The minimum Gasteiger partial charge on any atom is -0.322 e. The van der Waals surface area contributed by atoms with Crippen molar-refractivity contribution in [3.05, 3.63) is 69.4 Å². The van der Waals surface area contributed by atoms with Crippen molar-refractivity contribution in [2.24, 2.45) is 0 Å². The van der Waals surface area contributed by atoms with Crippen molar-refractivity contribution in [1.29, 1.82) is 0 Å². The molecule has 0 unspecified atom stereocenters. The fourth-order valence-corrected chi connectivity index (χ4v) is 3.90. The standard InChI is InChI=1S/C21H19FN2O3S/c1-12-8-13(2)15(14(3)9-12)10-18-20(26)24(21(27)28-18)11-19(25)23-17-7-5-4-6-16(17)22/h4-10H,11H2,1-3H3,(H,23,25)/b18-10-. The highest BCUT2D eigenvalue weighted by molar-refractivity contribution is 8.18. The molecular formula is C21H19FN2O3S. The van der Waals surface area contributed by atoms with E-state index in [1.54, 1.807) is 12.1 Å². The highest BCUT2D eigenvalue weighted by Crippen LogP contribution is 2.33. The first-order chi connectivity index (χ1) is 13.3. The molecule has 0 spiro atoms. The summed E-state index contributed by atoms with van der Waals surface area (Å²) in [5, 5.41) is 1.85. The van der Waals surface area contributed by atoms with E-state index < -0.39 is 29.4 Å². The van der Waals surface area contributed by atoms with Crippen LogP contribution in [0.3, 0.4) is 0 Å². The van der Waals surface area contributed by atoms with Crippen molar-refractivity contribution < 1.29 is 18.8 Å². The monoisotopic (exact) mass is 398 g/mol. The molecule has 0 bridgehead atoms. The Morgan fingerprint density at radius 3 is 2.43 bits per heavy atom. The Morgan fingerprint density at radius 2 is 1.79 bits per heavy atom. The molecule has 2 aromatic carbocycles. The van der Waals surface area contributed by atoms with Crippen LogP contribution in [0.15, 0.2) is 41.3 Å². The minimum absolute atomic E-state index is 0.000850. The van der Waals surface area contributed by atoms with E-state index in [2.05, 4.69) is 5.32 Å². The predicted octanol–water partition coefficient (Wildman–Crippen LogP) is 4.43. The van der Waals surface area contributed by atoms with Gasteiger partial charge in [0.25, 0.3) is 11.1 Å². The smallest absolute Gasteiger partial charge is 0.294 e. The zero-order valence-corrected chi connectivity index (χ0v) is 16.5. The first-order valence-corrected chi connectivity index (χ1v) is 9.45. The predicted molar refractivity (Wildman–Crippen MR) is 108 cm³/mol. The maximum absolute atomic E-state index is 13.6. The summed E-state index contributed by atoms with van der Waals surface area (Å²) >= 11 is 0.794. The summed E-state index contributed by atoms with van der Waals surface area (Å²) in [6, 6.07) is 9.71. The van der Waals surface area contributed by atoms with Crippen LogP contribution >= 0.6 is 11.8 Å². The number of imide groups is 1. The lowest BCUT2D eigenvalue weighted by Crippen LogP contribution is -2.36. The lowest BCUT2D eigenvalue weighted by atomic mass is 9.99. The number of hydrogen-bond donors (Lipinski definition) is 1. The second-order valence-electron chi connectivity index (χ2n) is 6.61. The summed E-state index contributed by atoms with van der Waals surface area (Å²) in [7, 11) is 0. The van der Waals surface area contributed by atoms with Crippen LogP contribution in [0, 0.1) is 26.6 Å². The lowest BCUT2D eigenvalue weighted by molar-refractivity contribution is -0.127. The van der Waals surface area contributed by atoms with Crippen LogP contribution < -0.4 is 5.32 Å². The summed E-state index contributed by atoms with van der Waals surface area (Å²) in [5.41, 5.74) is 4.00. The molecule has 0 aliphatic carbocycles. The molecule has 7 heteroatoms. The zero-order chi connectivity index (χ0) is 20.4. The number of amides is 3. The number of carbonyl (C=O) groups is 3. The molecule has 3 amide bonds. The SMILES string of the molecule is Cc1cc(C)c(/C=C2\SC(=O)N(CC(=O)Nc3ccccc3F)C2=O)c(C)c1. The third-order valence-electron chi connectivity index (χ3n) is 4.34. The maximum Gasteiger partial charge on any atom is 0.294 e. The molecule has 1 heterocycles. The van der Waals surface area contributed by atoms with Crippen molar-refractivity contribution >= 4 is 40.6 Å². The molecule has 0 radical (unpaired) electrons. The van der Waals surface area contributed by atoms with E-state index >= 15 is 0 Å². The summed E-state index contributed by atoms with van der Waals surface area (Å²) < 4.78 is 13.6. The number of hydrogen-bond acceptors (Lipinski definition) is 4. The molecule has 3 rings (SSSR count). The number of anilines is 1.